The number of rotatable bonds is 1. The summed E-state index contributed by atoms with van der Waals surface area (Å²) in [5.74, 6) is 0. The van der Waals surface area contributed by atoms with Crippen molar-refractivity contribution in [3.8, 4) is 0 Å². The summed E-state index contributed by atoms with van der Waals surface area (Å²) in [7, 11) is 0. The molecule has 21 heavy (non-hydrogen) atoms. The van der Waals surface area contributed by atoms with Crippen molar-refractivity contribution in [2.24, 2.45) is 0 Å². The summed E-state index contributed by atoms with van der Waals surface area (Å²) in [5, 5.41) is 0.436. The number of aromatic nitrogens is 2. The monoisotopic (exact) mass is 303 g/mol. The zero-order valence-electron chi connectivity index (χ0n) is 10.7. The molecule has 0 amide bonds. The molecule has 0 radical (unpaired) electrons. The van der Waals surface area contributed by atoms with Crippen molar-refractivity contribution < 1.29 is 13.1 Å². The van der Waals surface area contributed by atoms with E-state index in [9.17, 15) is 8.63 Å². The number of fused-ring (bicyclic) bond motifs is 2. The van der Waals surface area contributed by atoms with Crippen LogP contribution in [0.1, 0.15) is 11.3 Å². The van der Waals surface area contributed by atoms with Gasteiger partial charge in [-0.05, 0) is 24.4 Å². The number of hydrogen-bond acceptors (Lipinski definition) is 1. The zero-order chi connectivity index (χ0) is 14.6. The molecule has 0 fully saturated rings. The van der Waals surface area contributed by atoms with Crippen molar-refractivity contribution in [3.63, 3.8) is 0 Å². The third kappa shape index (κ3) is 1.59. The van der Waals surface area contributed by atoms with Crippen molar-refractivity contribution in [1.29, 1.82) is 0 Å². The molecule has 0 bridgehead atoms. The van der Waals surface area contributed by atoms with E-state index in [4.69, 9.17) is 11.6 Å². The summed E-state index contributed by atoms with van der Waals surface area (Å²) in [4.78, 5) is 3.95. The second-order valence-electron chi connectivity index (χ2n) is 4.92. The molecule has 0 atom stereocenters. The number of halogens is 3. The van der Waals surface area contributed by atoms with Crippen LogP contribution in [0.15, 0.2) is 54.6 Å². The molecule has 0 spiro atoms. The maximum absolute atomic E-state index is 14.6. The van der Waals surface area contributed by atoms with Crippen molar-refractivity contribution in [2.45, 2.75) is 0 Å². The van der Waals surface area contributed by atoms with Crippen LogP contribution in [0.4, 0.5) is 8.63 Å². The molecule has 0 N–H and O–H groups in total. The van der Waals surface area contributed by atoms with E-state index in [2.05, 4.69) is 4.98 Å². The van der Waals surface area contributed by atoms with Crippen LogP contribution in [-0.4, -0.2) is 27.1 Å². The summed E-state index contributed by atoms with van der Waals surface area (Å²) in [6.45, 7) is -3.87. The SMILES string of the molecule is F[B-]1(F)n2cccc2C(c2ccncc2Cl)=C2C=CC=[N+]21. The molecule has 0 aromatic carbocycles. The molecule has 3 nitrogen and oxygen atoms in total. The summed E-state index contributed by atoms with van der Waals surface area (Å²) in [5.41, 5.74) is 2.29. The Morgan fingerprint density at radius 2 is 2.14 bits per heavy atom. The van der Waals surface area contributed by atoms with E-state index >= 15 is 0 Å². The number of hydrogen-bond donors (Lipinski definition) is 0. The first kappa shape index (κ1) is 12.5. The Morgan fingerprint density at radius 3 is 2.95 bits per heavy atom. The minimum absolute atomic E-state index is 0.436. The lowest BCUT2D eigenvalue weighted by molar-refractivity contribution is -0.356. The largest absolute Gasteiger partial charge is 0.737 e. The van der Waals surface area contributed by atoms with Crippen LogP contribution in [-0.2, 0) is 0 Å². The first-order chi connectivity index (χ1) is 10.1. The average molecular weight is 304 g/mol. The first-order valence-electron chi connectivity index (χ1n) is 6.44. The lowest BCUT2D eigenvalue weighted by Gasteiger charge is -2.31. The van der Waals surface area contributed by atoms with E-state index in [1.165, 1.54) is 18.6 Å². The molecular formula is C14H9BClF2N3. The minimum atomic E-state index is -3.87. The molecule has 2 aliphatic heterocycles. The quantitative estimate of drug-likeness (QED) is 0.741. The predicted molar refractivity (Wildman–Crippen MR) is 78.5 cm³/mol. The highest BCUT2D eigenvalue weighted by molar-refractivity contribution is 6.57. The number of nitrogens with zero attached hydrogens (tertiary/aromatic N) is 3. The van der Waals surface area contributed by atoms with Crippen LogP contribution >= 0.6 is 11.6 Å². The lowest BCUT2D eigenvalue weighted by Crippen LogP contribution is -2.49. The van der Waals surface area contributed by atoms with Crippen molar-refractivity contribution >= 4 is 30.4 Å². The molecule has 4 rings (SSSR count). The van der Waals surface area contributed by atoms with Gasteiger partial charge in [-0.2, -0.15) is 0 Å². The van der Waals surface area contributed by atoms with Gasteiger partial charge in [0.05, 0.1) is 10.6 Å². The summed E-state index contributed by atoms with van der Waals surface area (Å²) < 4.78 is 31.2. The highest BCUT2D eigenvalue weighted by Crippen LogP contribution is 2.39. The van der Waals surface area contributed by atoms with E-state index in [-0.39, 0.29) is 0 Å². The molecular weight excluding hydrogens is 294 g/mol. The molecule has 2 aliphatic rings. The van der Waals surface area contributed by atoms with Crippen molar-refractivity contribution in [1.82, 2.24) is 9.46 Å². The van der Waals surface area contributed by atoms with Crippen LogP contribution in [0.5, 0.6) is 0 Å². The smallest absolute Gasteiger partial charge is 0.396 e. The summed E-state index contributed by atoms with van der Waals surface area (Å²) in [6.07, 6.45) is 9.21. The van der Waals surface area contributed by atoms with Crippen LogP contribution in [0.3, 0.4) is 0 Å². The Bertz CT molecular complexity index is 851. The fourth-order valence-corrected chi connectivity index (χ4v) is 3.09. The van der Waals surface area contributed by atoms with Gasteiger partial charge in [0.1, 0.15) is 6.21 Å². The first-order valence-corrected chi connectivity index (χ1v) is 6.82. The maximum Gasteiger partial charge on any atom is 0.737 e. The Labute approximate surface area is 124 Å². The Balaban J connectivity index is 2.09. The van der Waals surface area contributed by atoms with Gasteiger partial charge in [0, 0.05) is 35.8 Å². The van der Waals surface area contributed by atoms with Gasteiger partial charge in [0.2, 0.25) is 0 Å². The average Bonchev–Trinajstić information content (AvgIpc) is 3.10. The van der Waals surface area contributed by atoms with E-state index in [1.54, 1.807) is 36.5 Å². The van der Waals surface area contributed by atoms with Crippen molar-refractivity contribution in [2.75, 3.05) is 0 Å². The molecule has 4 heterocycles. The lowest BCUT2D eigenvalue weighted by atomic mass is 9.87. The summed E-state index contributed by atoms with van der Waals surface area (Å²) >= 11 is 6.21. The van der Waals surface area contributed by atoms with Crippen LogP contribution in [0.25, 0.3) is 5.57 Å². The van der Waals surface area contributed by atoms with E-state index in [0.717, 1.165) is 8.96 Å². The maximum atomic E-state index is 14.6. The molecule has 0 unspecified atom stereocenters. The second-order valence-corrected chi connectivity index (χ2v) is 5.33. The van der Waals surface area contributed by atoms with Crippen LogP contribution < -0.4 is 0 Å². The van der Waals surface area contributed by atoms with Crippen molar-refractivity contribution in [3.05, 3.63) is 70.9 Å². The minimum Gasteiger partial charge on any atom is -0.396 e. The molecule has 0 saturated carbocycles. The standard InChI is InChI=1S/C14H9BClF2N3/c16-11-9-19-6-5-10(11)14-12-3-1-7-20(12)15(17,18)21-8-2-4-13(14)21/h1-9H. The number of allylic oxidation sites excluding steroid dienone is 2. The fourth-order valence-electron chi connectivity index (χ4n) is 2.87. The van der Waals surface area contributed by atoms with Gasteiger partial charge < -0.3 is 17.6 Å². The fraction of sp³-hybridized carbons (Fsp3) is 0. The highest BCUT2D eigenvalue weighted by atomic mass is 35.5. The molecule has 7 heteroatoms. The van der Waals surface area contributed by atoms with Gasteiger partial charge in [-0.25, -0.2) is 0 Å². The van der Waals surface area contributed by atoms with Gasteiger partial charge >= 0.3 is 6.97 Å². The molecule has 104 valence electrons. The van der Waals surface area contributed by atoms with Gasteiger partial charge in [-0.1, -0.05) is 11.6 Å². The van der Waals surface area contributed by atoms with Gasteiger partial charge in [0.15, 0.2) is 5.70 Å². The Hall–Kier alpha value is -2.21. The molecule has 2 aromatic rings. The Morgan fingerprint density at radius 1 is 1.29 bits per heavy atom. The van der Waals surface area contributed by atoms with Gasteiger partial charge in [-0.3, -0.25) is 4.98 Å². The highest BCUT2D eigenvalue weighted by Gasteiger charge is 2.51. The second kappa shape index (κ2) is 4.15. The predicted octanol–water partition coefficient (Wildman–Crippen LogP) is 3.19. The van der Waals surface area contributed by atoms with Gasteiger partial charge in [0.25, 0.3) is 0 Å². The summed E-state index contributed by atoms with van der Waals surface area (Å²) in [6, 6.07) is 5.04. The Kier molecular flexibility index (Phi) is 2.47. The number of pyridine rings is 1. The normalized spacial score (nSPS) is 18.5. The van der Waals surface area contributed by atoms with E-state index in [1.807, 2.05) is 0 Å². The van der Waals surface area contributed by atoms with Crippen LogP contribution in [0.2, 0.25) is 5.02 Å². The van der Waals surface area contributed by atoms with Gasteiger partial charge in [-0.15, -0.1) is 0 Å². The topological polar surface area (TPSA) is 20.8 Å². The molecule has 2 aromatic heterocycles. The third-order valence-electron chi connectivity index (χ3n) is 3.78. The van der Waals surface area contributed by atoms with E-state index < -0.39 is 6.97 Å². The molecule has 0 saturated heterocycles. The third-order valence-corrected chi connectivity index (χ3v) is 4.08. The van der Waals surface area contributed by atoms with E-state index in [0.29, 0.717) is 27.6 Å². The van der Waals surface area contributed by atoms with Crippen LogP contribution in [0, 0.1) is 0 Å². The molecule has 0 aliphatic carbocycles. The zero-order valence-corrected chi connectivity index (χ0v) is 11.5.